The van der Waals surface area contributed by atoms with Crippen LogP contribution >= 0.6 is 0 Å². The Balaban J connectivity index is 2.33. The highest BCUT2D eigenvalue weighted by Crippen LogP contribution is 2.31. The quantitative estimate of drug-likeness (QED) is 0.868. The van der Waals surface area contributed by atoms with Crippen molar-refractivity contribution in [2.75, 3.05) is 0 Å². The predicted molar refractivity (Wildman–Crippen MR) is 82.2 cm³/mol. The first-order valence-electron chi connectivity index (χ1n) is 7.96. The molecule has 3 nitrogen and oxygen atoms in total. The lowest BCUT2D eigenvalue weighted by Gasteiger charge is -2.31. The van der Waals surface area contributed by atoms with Crippen LogP contribution in [0.5, 0.6) is 0 Å². The van der Waals surface area contributed by atoms with Crippen LogP contribution in [0.4, 0.5) is 4.39 Å². The zero-order chi connectivity index (χ0) is 15.4. The molecule has 21 heavy (non-hydrogen) atoms. The minimum atomic E-state index is -0.259. The number of benzene rings is 1. The summed E-state index contributed by atoms with van der Waals surface area (Å²) in [7, 11) is 0. The highest BCUT2D eigenvalue weighted by molar-refractivity contribution is 5.84. The molecule has 0 aromatic heterocycles. The van der Waals surface area contributed by atoms with Gasteiger partial charge in [0, 0.05) is 6.04 Å². The number of hydrogen-bond donors (Lipinski definition) is 1. The molecule has 2 rings (SSSR count). The fourth-order valence-corrected chi connectivity index (χ4v) is 3.15. The lowest BCUT2D eigenvalue weighted by atomic mass is 10.1. The van der Waals surface area contributed by atoms with Crippen LogP contribution in [0.2, 0.25) is 0 Å². The number of nitrogens with zero attached hydrogens (tertiary/aromatic N) is 1. The lowest BCUT2D eigenvalue weighted by molar-refractivity contribution is -0.132. The van der Waals surface area contributed by atoms with E-state index in [2.05, 4.69) is 26.1 Å². The van der Waals surface area contributed by atoms with Gasteiger partial charge in [0.1, 0.15) is 12.0 Å². The van der Waals surface area contributed by atoms with Gasteiger partial charge in [-0.3, -0.25) is 10.1 Å². The normalized spacial score (nSPS) is 22.3. The van der Waals surface area contributed by atoms with E-state index in [1.165, 1.54) is 12.1 Å². The maximum Gasteiger partial charge on any atom is 0.241 e. The summed E-state index contributed by atoms with van der Waals surface area (Å²) in [6, 6.07) is 6.59. The van der Waals surface area contributed by atoms with Crippen molar-refractivity contribution >= 4 is 5.91 Å². The molecule has 1 N–H and O–H groups in total. The van der Waals surface area contributed by atoms with Crippen LogP contribution in [-0.4, -0.2) is 22.9 Å². The van der Waals surface area contributed by atoms with Crippen LogP contribution in [-0.2, 0) is 4.79 Å². The van der Waals surface area contributed by atoms with Gasteiger partial charge in [-0.2, -0.15) is 0 Å². The van der Waals surface area contributed by atoms with E-state index in [1.807, 2.05) is 11.0 Å². The Labute approximate surface area is 126 Å². The first-order valence-corrected chi connectivity index (χ1v) is 7.96. The van der Waals surface area contributed by atoms with Gasteiger partial charge in [0.25, 0.3) is 0 Å². The number of halogens is 1. The average Bonchev–Trinajstić information content (AvgIpc) is 2.79. The van der Waals surface area contributed by atoms with Crippen molar-refractivity contribution in [1.29, 1.82) is 0 Å². The molecule has 1 fully saturated rings. The summed E-state index contributed by atoms with van der Waals surface area (Å²) >= 11 is 0. The standard InChI is InChI=1S/C17H25FN2O/c1-4-8-15-17(21)20(14(5-2)6-3)16(19-15)12-9-7-10-13(18)11-12/h7,9-11,14-16,19H,4-6,8H2,1-3H3. The minimum absolute atomic E-state index is 0.149. The number of hydrogen-bond acceptors (Lipinski definition) is 2. The van der Waals surface area contributed by atoms with Crippen LogP contribution in [0, 0.1) is 5.82 Å². The Kier molecular flexibility index (Phi) is 5.34. The van der Waals surface area contributed by atoms with Gasteiger partial charge in [-0.25, -0.2) is 4.39 Å². The Morgan fingerprint density at radius 3 is 2.57 bits per heavy atom. The SMILES string of the molecule is CCCC1NC(c2cccc(F)c2)N(C(CC)CC)C1=O. The van der Waals surface area contributed by atoms with Crippen molar-refractivity contribution in [2.45, 2.75) is 64.7 Å². The molecule has 1 aromatic carbocycles. The van der Waals surface area contributed by atoms with Crippen molar-refractivity contribution in [2.24, 2.45) is 0 Å². The molecule has 1 aliphatic heterocycles. The van der Waals surface area contributed by atoms with E-state index in [0.717, 1.165) is 31.2 Å². The molecule has 0 aliphatic carbocycles. The van der Waals surface area contributed by atoms with E-state index in [4.69, 9.17) is 0 Å². The second-order valence-electron chi connectivity index (χ2n) is 5.68. The van der Waals surface area contributed by atoms with Crippen molar-refractivity contribution in [1.82, 2.24) is 10.2 Å². The smallest absolute Gasteiger partial charge is 0.241 e. The Hall–Kier alpha value is -1.42. The molecule has 4 heteroatoms. The highest BCUT2D eigenvalue weighted by Gasteiger charge is 2.41. The van der Waals surface area contributed by atoms with Crippen molar-refractivity contribution in [3.8, 4) is 0 Å². The van der Waals surface area contributed by atoms with Crippen molar-refractivity contribution < 1.29 is 9.18 Å². The summed E-state index contributed by atoms with van der Waals surface area (Å²) < 4.78 is 13.5. The van der Waals surface area contributed by atoms with Gasteiger partial charge in [-0.15, -0.1) is 0 Å². The van der Waals surface area contributed by atoms with Gasteiger partial charge in [0.15, 0.2) is 0 Å². The number of carbonyl (C=O) groups is 1. The molecular formula is C17H25FN2O. The van der Waals surface area contributed by atoms with E-state index >= 15 is 0 Å². The molecule has 2 unspecified atom stereocenters. The third-order valence-corrected chi connectivity index (χ3v) is 4.27. The van der Waals surface area contributed by atoms with Crippen LogP contribution in [0.25, 0.3) is 0 Å². The molecule has 1 saturated heterocycles. The molecular weight excluding hydrogens is 267 g/mol. The topological polar surface area (TPSA) is 32.3 Å². The summed E-state index contributed by atoms with van der Waals surface area (Å²) in [6.45, 7) is 6.26. The number of nitrogens with one attached hydrogen (secondary N) is 1. The average molecular weight is 292 g/mol. The monoisotopic (exact) mass is 292 g/mol. The third-order valence-electron chi connectivity index (χ3n) is 4.27. The molecule has 1 aromatic rings. The Morgan fingerprint density at radius 2 is 2.00 bits per heavy atom. The highest BCUT2D eigenvalue weighted by atomic mass is 19.1. The Bertz CT molecular complexity index is 487. The molecule has 1 aliphatic rings. The molecule has 1 heterocycles. The minimum Gasteiger partial charge on any atom is -0.319 e. The second-order valence-corrected chi connectivity index (χ2v) is 5.68. The van der Waals surface area contributed by atoms with Gasteiger partial charge >= 0.3 is 0 Å². The van der Waals surface area contributed by atoms with E-state index in [9.17, 15) is 9.18 Å². The fourth-order valence-electron chi connectivity index (χ4n) is 3.15. The molecule has 0 bridgehead atoms. The summed E-state index contributed by atoms with van der Waals surface area (Å²) in [5, 5.41) is 3.39. The van der Waals surface area contributed by atoms with Gasteiger partial charge in [0.2, 0.25) is 5.91 Å². The first kappa shape index (κ1) is 16.0. The van der Waals surface area contributed by atoms with Gasteiger partial charge in [0.05, 0.1) is 6.04 Å². The molecule has 0 saturated carbocycles. The summed E-state index contributed by atoms with van der Waals surface area (Å²) in [5.74, 6) is -0.106. The van der Waals surface area contributed by atoms with Crippen LogP contribution < -0.4 is 5.32 Å². The van der Waals surface area contributed by atoms with E-state index in [0.29, 0.717) is 0 Å². The molecule has 2 atom stereocenters. The van der Waals surface area contributed by atoms with Crippen LogP contribution in [0.3, 0.4) is 0 Å². The van der Waals surface area contributed by atoms with Gasteiger partial charge in [-0.05, 0) is 37.0 Å². The fraction of sp³-hybridized carbons (Fsp3) is 0.588. The maximum absolute atomic E-state index is 13.5. The Morgan fingerprint density at radius 1 is 1.29 bits per heavy atom. The first-order chi connectivity index (χ1) is 10.1. The molecule has 0 spiro atoms. The van der Waals surface area contributed by atoms with Gasteiger partial charge < -0.3 is 4.90 Å². The lowest BCUT2D eigenvalue weighted by Crippen LogP contribution is -2.39. The predicted octanol–water partition coefficient (Wildman–Crippen LogP) is 3.61. The van der Waals surface area contributed by atoms with Crippen molar-refractivity contribution in [3.63, 3.8) is 0 Å². The summed E-state index contributed by atoms with van der Waals surface area (Å²) in [5.41, 5.74) is 0.828. The van der Waals surface area contributed by atoms with E-state index in [1.54, 1.807) is 6.07 Å². The zero-order valence-corrected chi connectivity index (χ0v) is 13.1. The number of rotatable bonds is 6. The third kappa shape index (κ3) is 3.26. The largest absolute Gasteiger partial charge is 0.319 e. The maximum atomic E-state index is 13.5. The van der Waals surface area contributed by atoms with Crippen LogP contribution in [0.15, 0.2) is 24.3 Å². The van der Waals surface area contributed by atoms with Crippen LogP contribution in [0.1, 0.15) is 58.2 Å². The molecule has 116 valence electrons. The van der Waals surface area contributed by atoms with Crippen molar-refractivity contribution in [3.05, 3.63) is 35.6 Å². The molecule has 0 radical (unpaired) electrons. The number of amides is 1. The zero-order valence-electron chi connectivity index (χ0n) is 13.1. The van der Waals surface area contributed by atoms with E-state index < -0.39 is 0 Å². The summed E-state index contributed by atoms with van der Waals surface area (Å²) in [4.78, 5) is 14.6. The molecule has 1 amide bonds. The second kappa shape index (κ2) is 7.03. The summed E-state index contributed by atoms with van der Waals surface area (Å²) in [6.07, 6.45) is 3.38. The van der Waals surface area contributed by atoms with Gasteiger partial charge in [-0.1, -0.05) is 39.3 Å². The van der Waals surface area contributed by atoms with E-state index in [-0.39, 0.29) is 30.0 Å². The number of carbonyl (C=O) groups excluding carboxylic acids is 1.